The van der Waals surface area contributed by atoms with Gasteiger partial charge in [-0.2, -0.15) is 4.31 Å². The maximum absolute atomic E-state index is 12.3. The molecule has 2 saturated heterocycles. The molecule has 1 aromatic carbocycles. The summed E-state index contributed by atoms with van der Waals surface area (Å²) >= 11 is 0. The van der Waals surface area contributed by atoms with Crippen molar-refractivity contribution < 1.29 is 8.42 Å². The van der Waals surface area contributed by atoms with E-state index in [0.717, 1.165) is 26.2 Å². The molecule has 0 aliphatic carbocycles. The molecular formula is C13H21Cl2N3O2S. The number of sulfonamides is 1. The minimum Gasteiger partial charge on any atom is -0.314 e. The van der Waals surface area contributed by atoms with Crippen molar-refractivity contribution in [3.63, 3.8) is 0 Å². The Balaban J connectivity index is 0.00000110. The Morgan fingerprint density at radius 3 is 2.14 bits per heavy atom. The average Bonchev–Trinajstić information content (AvgIpc) is 2.39. The second-order valence-corrected chi connectivity index (χ2v) is 7.01. The molecule has 8 heteroatoms. The van der Waals surface area contributed by atoms with E-state index in [9.17, 15) is 8.42 Å². The molecule has 2 aliphatic heterocycles. The fraction of sp³-hybridized carbons (Fsp3) is 0.538. The third-order valence-corrected chi connectivity index (χ3v) is 5.72. The van der Waals surface area contributed by atoms with Gasteiger partial charge < -0.3 is 5.32 Å². The monoisotopic (exact) mass is 353 g/mol. The summed E-state index contributed by atoms with van der Waals surface area (Å²) in [6.45, 7) is 5.28. The van der Waals surface area contributed by atoms with E-state index >= 15 is 0 Å². The fourth-order valence-electron chi connectivity index (χ4n) is 2.63. The Morgan fingerprint density at radius 1 is 1.00 bits per heavy atom. The van der Waals surface area contributed by atoms with Crippen molar-refractivity contribution in [1.82, 2.24) is 14.5 Å². The van der Waals surface area contributed by atoms with Crippen molar-refractivity contribution >= 4 is 34.8 Å². The van der Waals surface area contributed by atoms with Gasteiger partial charge in [-0.3, -0.25) is 4.90 Å². The van der Waals surface area contributed by atoms with Gasteiger partial charge in [-0.05, 0) is 12.1 Å². The molecule has 1 N–H and O–H groups in total. The van der Waals surface area contributed by atoms with Crippen LogP contribution in [0.3, 0.4) is 0 Å². The first-order valence-corrected chi connectivity index (χ1v) is 8.12. The SMILES string of the molecule is Cl.Cl.O=S(=O)(c1ccccc1)N1CC(N2CCNCC2)C1. The van der Waals surface area contributed by atoms with Crippen LogP contribution in [0.5, 0.6) is 0 Å². The number of halogens is 2. The van der Waals surface area contributed by atoms with E-state index in [1.54, 1.807) is 28.6 Å². The zero-order valence-corrected chi connectivity index (χ0v) is 14.1. The summed E-state index contributed by atoms with van der Waals surface area (Å²) in [7, 11) is -3.28. The number of rotatable bonds is 3. The molecule has 21 heavy (non-hydrogen) atoms. The van der Waals surface area contributed by atoms with E-state index in [-0.39, 0.29) is 24.8 Å². The van der Waals surface area contributed by atoms with Crippen LogP contribution in [0.15, 0.2) is 35.2 Å². The lowest BCUT2D eigenvalue weighted by Crippen LogP contribution is -2.63. The molecule has 0 unspecified atom stereocenters. The quantitative estimate of drug-likeness (QED) is 0.873. The number of hydrogen-bond donors (Lipinski definition) is 1. The molecule has 0 spiro atoms. The zero-order valence-electron chi connectivity index (χ0n) is 11.6. The Morgan fingerprint density at radius 2 is 1.57 bits per heavy atom. The highest BCUT2D eigenvalue weighted by atomic mass is 35.5. The van der Waals surface area contributed by atoms with Gasteiger partial charge in [0.25, 0.3) is 0 Å². The van der Waals surface area contributed by atoms with E-state index in [1.807, 2.05) is 6.07 Å². The van der Waals surface area contributed by atoms with Crippen LogP contribution in [-0.4, -0.2) is 62.9 Å². The molecular weight excluding hydrogens is 333 g/mol. The Bertz CT molecular complexity index is 530. The Hall–Kier alpha value is -0.370. The first kappa shape index (κ1) is 18.7. The summed E-state index contributed by atoms with van der Waals surface area (Å²) in [5.41, 5.74) is 0. The van der Waals surface area contributed by atoms with Crippen LogP contribution < -0.4 is 5.32 Å². The summed E-state index contributed by atoms with van der Waals surface area (Å²) in [4.78, 5) is 2.78. The maximum atomic E-state index is 12.3. The van der Waals surface area contributed by atoms with Crippen molar-refractivity contribution in [2.75, 3.05) is 39.3 Å². The molecule has 1 aromatic rings. The minimum atomic E-state index is -3.28. The van der Waals surface area contributed by atoms with Crippen molar-refractivity contribution in [2.24, 2.45) is 0 Å². The number of benzene rings is 1. The topological polar surface area (TPSA) is 52.7 Å². The van der Waals surface area contributed by atoms with Crippen LogP contribution in [0.4, 0.5) is 0 Å². The molecule has 5 nitrogen and oxygen atoms in total. The summed E-state index contributed by atoms with van der Waals surface area (Å²) in [6, 6.07) is 9.07. The van der Waals surface area contributed by atoms with E-state index in [0.29, 0.717) is 24.0 Å². The highest BCUT2D eigenvalue weighted by Gasteiger charge is 2.39. The van der Waals surface area contributed by atoms with Gasteiger partial charge in [0.15, 0.2) is 0 Å². The molecule has 0 bridgehead atoms. The van der Waals surface area contributed by atoms with Crippen molar-refractivity contribution in [1.29, 1.82) is 0 Å². The maximum Gasteiger partial charge on any atom is 0.243 e. The Kier molecular flexibility index (Phi) is 6.90. The highest BCUT2D eigenvalue weighted by Crippen LogP contribution is 2.24. The van der Waals surface area contributed by atoms with E-state index in [4.69, 9.17) is 0 Å². The van der Waals surface area contributed by atoms with Gasteiger partial charge in [-0.25, -0.2) is 8.42 Å². The molecule has 3 rings (SSSR count). The highest BCUT2D eigenvalue weighted by molar-refractivity contribution is 7.89. The summed E-state index contributed by atoms with van der Waals surface area (Å²) in [5.74, 6) is 0. The second kappa shape index (κ2) is 7.76. The van der Waals surface area contributed by atoms with Gasteiger partial charge in [0, 0.05) is 45.3 Å². The zero-order chi connectivity index (χ0) is 13.3. The molecule has 2 aliphatic rings. The van der Waals surface area contributed by atoms with Crippen LogP contribution in [0, 0.1) is 0 Å². The molecule has 0 saturated carbocycles. The van der Waals surface area contributed by atoms with E-state index < -0.39 is 10.0 Å². The Labute approximate surface area is 138 Å². The third-order valence-electron chi connectivity index (χ3n) is 3.88. The first-order chi connectivity index (χ1) is 9.18. The molecule has 0 amide bonds. The van der Waals surface area contributed by atoms with Crippen LogP contribution >= 0.6 is 24.8 Å². The largest absolute Gasteiger partial charge is 0.314 e. The molecule has 2 heterocycles. The number of piperazine rings is 1. The van der Waals surface area contributed by atoms with Crippen LogP contribution in [0.2, 0.25) is 0 Å². The molecule has 2 fully saturated rings. The second-order valence-electron chi connectivity index (χ2n) is 5.07. The predicted octanol–water partition coefficient (Wildman–Crippen LogP) is 0.808. The van der Waals surface area contributed by atoms with Gasteiger partial charge in [0.1, 0.15) is 0 Å². The van der Waals surface area contributed by atoms with Crippen molar-refractivity contribution in [3.05, 3.63) is 30.3 Å². The molecule has 0 radical (unpaired) electrons. The lowest BCUT2D eigenvalue weighted by molar-refractivity contribution is 0.0773. The predicted molar refractivity (Wildman–Crippen MR) is 87.9 cm³/mol. The van der Waals surface area contributed by atoms with Gasteiger partial charge in [0.05, 0.1) is 4.90 Å². The normalized spacial score (nSPS) is 21.0. The van der Waals surface area contributed by atoms with Gasteiger partial charge >= 0.3 is 0 Å². The summed E-state index contributed by atoms with van der Waals surface area (Å²) in [6.07, 6.45) is 0. The van der Waals surface area contributed by atoms with E-state index in [2.05, 4.69) is 10.2 Å². The van der Waals surface area contributed by atoms with E-state index in [1.165, 1.54) is 0 Å². The van der Waals surface area contributed by atoms with Gasteiger partial charge in [0.2, 0.25) is 10.0 Å². The summed E-state index contributed by atoms with van der Waals surface area (Å²) in [5, 5.41) is 3.31. The number of hydrogen-bond acceptors (Lipinski definition) is 4. The third kappa shape index (κ3) is 3.88. The number of nitrogens with zero attached hydrogens (tertiary/aromatic N) is 2. The molecule has 120 valence electrons. The van der Waals surface area contributed by atoms with Gasteiger partial charge in [-0.15, -0.1) is 24.8 Å². The lowest BCUT2D eigenvalue weighted by atomic mass is 10.1. The van der Waals surface area contributed by atoms with Crippen LogP contribution in [0.25, 0.3) is 0 Å². The lowest BCUT2D eigenvalue weighted by Gasteiger charge is -2.45. The van der Waals surface area contributed by atoms with Gasteiger partial charge in [-0.1, -0.05) is 18.2 Å². The minimum absolute atomic E-state index is 0. The van der Waals surface area contributed by atoms with Crippen LogP contribution in [-0.2, 0) is 10.0 Å². The molecule has 0 aromatic heterocycles. The smallest absolute Gasteiger partial charge is 0.243 e. The van der Waals surface area contributed by atoms with Crippen LogP contribution in [0.1, 0.15) is 0 Å². The molecule has 0 atom stereocenters. The standard InChI is InChI=1S/C13H19N3O2S.2ClH/c17-19(18,13-4-2-1-3-5-13)16-10-12(11-16)15-8-6-14-7-9-15;;/h1-5,12,14H,6-11H2;2*1H. The summed E-state index contributed by atoms with van der Waals surface area (Å²) < 4.78 is 26.3. The van der Waals surface area contributed by atoms with Crippen molar-refractivity contribution in [3.8, 4) is 0 Å². The fourth-order valence-corrected chi connectivity index (χ4v) is 4.17. The van der Waals surface area contributed by atoms with Crippen molar-refractivity contribution in [2.45, 2.75) is 10.9 Å². The first-order valence-electron chi connectivity index (χ1n) is 6.68. The number of nitrogens with one attached hydrogen (secondary N) is 1. The average molecular weight is 354 g/mol.